The second kappa shape index (κ2) is 3.64. The van der Waals surface area contributed by atoms with Crippen molar-refractivity contribution in [1.29, 1.82) is 0 Å². The predicted molar refractivity (Wildman–Crippen MR) is 53.8 cm³/mol. The van der Waals surface area contributed by atoms with E-state index in [1.54, 1.807) is 0 Å². The Bertz CT molecular complexity index is 292. The summed E-state index contributed by atoms with van der Waals surface area (Å²) in [6.45, 7) is 0.595. The summed E-state index contributed by atoms with van der Waals surface area (Å²) < 4.78 is 6.36. The maximum atomic E-state index is 5.77. The Morgan fingerprint density at radius 1 is 1.50 bits per heavy atom. The topological polar surface area (TPSA) is 35.2 Å². The first-order valence-corrected chi connectivity index (χ1v) is 4.25. The zero-order valence-corrected chi connectivity index (χ0v) is 8.69. The minimum atomic E-state index is 0. The Kier molecular flexibility index (Phi) is 2.99. The lowest BCUT2D eigenvalue weighted by atomic mass is 10.1. The number of rotatable bonds is 0. The maximum Gasteiger partial charge on any atom is 0.138 e. The van der Waals surface area contributed by atoms with Crippen molar-refractivity contribution in [3.8, 4) is 5.75 Å². The molecule has 12 heavy (non-hydrogen) atoms. The highest BCUT2D eigenvalue weighted by Gasteiger charge is 2.21. The van der Waals surface area contributed by atoms with Crippen LogP contribution in [-0.4, -0.2) is 6.61 Å². The molecule has 0 saturated carbocycles. The third kappa shape index (κ3) is 1.44. The standard InChI is InChI=1S/C8H8BrNO.ClH/c9-6-3-1-2-5-7(10)4-11-8(5)6;/h1-3,7H,4,10H2;1H/t7-;/m0./s1. The van der Waals surface area contributed by atoms with Crippen LogP contribution in [0.2, 0.25) is 0 Å². The van der Waals surface area contributed by atoms with Crippen molar-refractivity contribution in [3.05, 3.63) is 28.2 Å². The third-order valence-corrected chi connectivity index (χ3v) is 2.43. The first-order valence-electron chi connectivity index (χ1n) is 3.46. The van der Waals surface area contributed by atoms with Gasteiger partial charge in [0.1, 0.15) is 12.4 Å². The van der Waals surface area contributed by atoms with Gasteiger partial charge in [0.2, 0.25) is 0 Å². The van der Waals surface area contributed by atoms with Gasteiger partial charge >= 0.3 is 0 Å². The van der Waals surface area contributed by atoms with Crippen molar-refractivity contribution >= 4 is 28.3 Å². The lowest BCUT2D eigenvalue weighted by Crippen LogP contribution is -2.10. The van der Waals surface area contributed by atoms with E-state index in [-0.39, 0.29) is 18.4 Å². The highest BCUT2D eigenvalue weighted by molar-refractivity contribution is 9.10. The molecule has 66 valence electrons. The van der Waals surface area contributed by atoms with Crippen molar-refractivity contribution in [3.63, 3.8) is 0 Å². The van der Waals surface area contributed by atoms with Gasteiger partial charge in [-0.15, -0.1) is 12.4 Å². The minimum Gasteiger partial charge on any atom is -0.490 e. The van der Waals surface area contributed by atoms with Crippen LogP contribution in [0.5, 0.6) is 5.75 Å². The first-order chi connectivity index (χ1) is 5.29. The molecule has 0 bridgehead atoms. The molecule has 1 atom stereocenters. The largest absolute Gasteiger partial charge is 0.490 e. The fourth-order valence-corrected chi connectivity index (χ4v) is 1.73. The van der Waals surface area contributed by atoms with Gasteiger partial charge in [0.25, 0.3) is 0 Å². The second-order valence-corrected chi connectivity index (χ2v) is 3.43. The molecule has 1 aliphatic heterocycles. The number of fused-ring (bicyclic) bond motifs is 1. The van der Waals surface area contributed by atoms with Crippen molar-refractivity contribution in [1.82, 2.24) is 0 Å². The summed E-state index contributed by atoms with van der Waals surface area (Å²) in [5.74, 6) is 0.903. The number of hydrogen-bond donors (Lipinski definition) is 1. The molecule has 2 nitrogen and oxygen atoms in total. The zero-order chi connectivity index (χ0) is 7.84. The molecule has 0 aliphatic carbocycles. The van der Waals surface area contributed by atoms with E-state index < -0.39 is 0 Å². The van der Waals surface area contributed by atoms with E-state index in [0.29, 0.717) is 6.61 Å². The number of halogens is 2. The van der Waals surface area contributed by atoms with Gasteiger partial charge in [0, 0.05) is 5.56 Å². The van der Waals surface area contributed by atoms with Crippen LogP contribution in [0.1, 0.15) is 11.6 Å². The summed E-state index contributed by atoms with van der Waals surface area (Å²) in [6.07, 6.45) is 0. The molecule has 0 aromatic heterocycles. The summed E-state index contributed by atoms with van der Waals surface area (Å²) in [5.41, 5.74) is 6.87. The van der Waals surface area contributed by atoms with Gasteiger partial charge in [-0.1, -0.05) is 12.1 Å². The zero-order valence-electron chi connectivity index (χ0n) is 6.29. The molecule has 1 aliphatic rings. The average molecular weight is 251 g/mol. The SMILES string of the molecule is Cl.N[C@H]1COc2c(Br)cccc21. The minimum absolute atomic E-state index is 0. The molecular formula is C8H9BrClNO. The first kappa shape index (κ1) is 9.84. The summed E-state index contributed by atoms with van der Waals surface area (Å²) in [6, 6.07) is 5.97. The number of benzene rings is 1. The highest BCUT2D eigenvalue weighted by atomic mass is 79.9. The highest BCUT2D eigenvalue weighted by Crippen LogP contribution is 2.36. The molecule has 0 spiro atoms. The normalized spacial score (nSPS) is 19.3. The van der Waals surface area contributed by atoms with Crippen LogP contribution in [0.3, 0.4) is 0 Å². The van der Waals surface area contributed by atoms with Crippen LogP contribution in [-0.2, 0) is 0 Å². The van der Waals surface area contributed by atoms with E-state index in [9.17, 15) is 0 Å². The number of para-hydroxylation sites is 1. The Balaban J connectivity index is 0.000000720. The van der Waals surface area contributed by atoms with E-state index in [0.717, 1.165) is 15.8 Å². The molecule has 1 heterocycles. The van der Waals surface area contributed by atoms with E-state index in [1.807, 2.05) is 18.2 Å². The molecule has 0 radical (unpaired) electrons. The van der Waals surface area contributed by atoms with Crippen molar-refractivity contribution < 1.29 is 4.74 Å². The molecule has 0 fully saturated rings. The molecular weight excluding hydrogens is 241 g/mol. The fourth-order valence-electron chi connectivity index (χ4n) is 1.23. The smallest absolute Gasteiger partial charge is 0.138 e. The third-order valence-electron chi connectivity index (χ3n) is 1.80. The van der Waals surface area contributed by atoms with Gasteiger partial charge in [-0.3, -0.25) is 0 Å². The van der Waals surface area contributed by atoms with Crippen LogP contribution < -0.4 is 10.5 Å². The Morgan fingerprint density at radius 2 is 2.25 bits per heavy atom. The molecule has 0 saturated heterocycles. The Hall–Kier alpha value is -0.250. The van der Waals surface area contributed by atoms with Crippen LogP contribution in [0.15, 0.2) is 22.7 Å². The second-order valence-electron chi connectivity index (χ2n) is 2.58. The summed E-state index contributed by atoms with van der Waals surface area (Å²) in [4.78, 5) is 0. The molecule has 0 unspecified atom stereocenters. The Labute approximate surface area is 85.6 Å². The van der Waals surface area contributed by atoms with Gasteiger partial charge in [-0.25, -0.2) is 0 Å². The molecule has 1 aromatic rings. The lowest BCUT2D eigenvalue weighted by molar-refractivity contribution is 0.331. The summed E-state index contributed by atoms with van der Waals surface area (Å²) in [7, 11) is 0. The van der Waals surface area contributed by atoms with Crippen LogP contribution in [0.4, 0.5) is 0 Å². The molecule has 2 N–H and O–H groups in total. The molecule has 2 rings (SSSR count). The van der Waals surface area contributed by atoms with E-state index >= 15 is 0 Å². The van der Waals surface area contributed by atoms with E-state index in [2.05, 4.69) is 15.9 Å². The van der Waals surface area contributed by atoms with Crippen LogP contribution in [0.25, 0.3) is 0 Å². The van der Waals surface area contributed by atoms with Crippen molar-refractivity contribution in [2.75, 3.05) is 6.61 Å². The Morgan fingerprint density at radius 3 is 2.92 bits per heavy atom. The monoisotopic (exact) mass is 249 g/mol. The maximum absolute atomic E-state index is 5.77. The van der Waals surface area contributed by atoms with Crippen molar-refractivity contribution in [2.24, 2.45) is 5.73 Å². The van der Waals surface area contributed by atoms with Gasteiger partial charge in [-0.05, 0) is 22.0 Å². The number of ether oxygens (including phenoxy) is 1. The van der Waals surface area contributed by atoms with Crippen LogP contribution >= 0.6 is 28.3 Å². The predicted octanol–water partition coefficient (Wildman–Crippen LogP) is 2.26. The number of nitrogens with two attached hydrogens (primary N) is 1. The fraction of sp³-hybridized carbons (Fsp3) is 0.250. The van der Waals surface area contributed by atoms with Crippen LogP contribution in [0, 0.1) is 0 Å². The van der Waals surface area contributed by atoms with Gasteiger partial charge in [0.15, 0.2) is 0 Å². The summed E-state index contributed by atoms with van der Waals surface area (Å²) in [5, 5.41) is 0. The lowest BCUT2D eigenvalue weighted by Gasteiger charge is -2.00. The summed E-state index contributed by atoms with van der Waals surface area (Å²) >= 11 is 3.39. The van der Waals surface area contributed by atoms with Crippen molar-refractivity contribution in [2.45, 2.75) is 6.04 Å². The number of hydrogen-bond acceptors (Lipinski definition) is 2. The molecule has 1 aromatic carbocycles. The van der Waals surface area contributed by atoms with Gasteiger partial charge < -0.3 is 10.5 Å². The van der Waals surface area contributed by atoms with E-state index in [1.165, 1.54) is 0 Å². The molecule has 4 heteroatoms. The van der Waals surface area contributed by atoms with Gasteiger partial charge in [0.05, 0.1) is 10.5 Å². The quantitative estimate of drug-likeness (QED) is 0.767. The average Bonchev–Trinajstić information content (AvgIpc) is 2.35. The van der Waals surface area contributed by atoms with E-state index in [4.69, 9.17) is 10.5 Å². The molecule has 0 amide bonds. The van der Waals surface area contributed by atoms with Gasteiger partial charge in [-0.2, -0.15) is 0 Å².